The Morgan fingerprint density at radius 3 is 3.00 bits per heavy atom. The molecule has 0 aromatic carbocycles. The van der Waals surface area contributed by atoms with E-state index in [4.69, 9.17) is 5.26 Å². The van der Waals surface area contributed by atoms with E-state index in [9.17, 15) is 4.79 Å². The molecule has 0 unspecified atom stereocenters. The van der Waals surface area contributed by atoms with Gasteiger partial charge in [-0.3, -0.25) is 4.79 Å². The summed E-state index contributed by atoms with van der Waals surface area (Å²) in [5.74, 6) is -0.0284. The van der Waals surface area contributed by atoms with E-state index in [0.29, 0.717) is 6.42 Å². The van der Waals surface area contributed by atoms with Crippen LogP contribution >= 0.6 is 0 Å². The smallest absolute Gasteiger partial charge is 0.152 e. The number of Topliss-reactive ketones (excluding diaryl/α,β-unsaturated/α-hetero) is 1. The standard InChI is InChI=1S/C9H10N2O/c1-11-6-2-3-8(11)7-9(12)4-5-10/h2-3,6H,4,7H2,1H3. The van der Waals surface area contributed by atoms with Gasteiger partial charge in [0.1, 0.15) is 0 Å². The minimum atomic E-state index is -0.0284. The second-order valence-electron chi connectivity index (χ2n) is 2.66. The highest BCUT2D eigenvalue weighted by atomic mass is 16.1. The average molecular weight is 162 g/mol. The minimum Gasteiger partial charge on any atom is -0.354 e. The van der Waals surface area contributed by atoms with Crippen LogP contribution in [0.25, 0.3) is 0 Å². The monoisotopic (exact) mass is 162 g/mol. The molecule has 0 saturated heterocycles. The first-order valence-electron chi connectivity index (χ1n) is 3.73. The molecule has 0 aliphatic rings. The van der Waals surface area contributed by atoms with E-state index in [-0.39, 0.29) is 12.2 Å². The molecule has 3 heteroatoms. The van der Waals surface area contributed by atoms with E-state index in [1.807, 2.05) is 36.0 Å². The Balaban J connectivity index is 2.59. The van der Waals surface area contributed by atoms with E-state index in [2.05, 4.69) is 0 Å². The number of carbonyl (C=O) groups excluding carboxylic acids is 1. The quantitative estimate of drug-likeness (QED) is 0.666. The predicted octanol–water partition coefficient (Wildman–Crippen LogP) is 1.05. The summed E-state index contributed by atoms with van der Waals surface area (Å²) in [5, 5.41) is 8.26. The number of rotatable bonds is 3. The molecule has 62 valence electrons. The Morgan fingerprint density at radius 1 is 1.75 bits per heavy atom. The maximum Gasteiger partial charge on any atom is 0.152 e. The predicted molar refractivity (Wildman–Crippen MR) is 44.4 cm³/mol. The molecule has 12 heavy (non-hydrogen) atoms. The van der Waals surface area contributed by atoms with Crippen LogP contribution in [0.2, 0.25) is 0 Å². The van der Waals surface area contributed by atoms with Crippen molar-refractivity contribution in [3.63, 3.8) is 0 Å². The van der Waals surface area contributed by atoms with Crippen LogP contribution in [0.3, 0.4) is 0 Å². The van der Waals surface area contributed by atoms with Crippen LogP contribution in [-0.4, -0.2) is 10.4 Å². The molecule has 0 aliphatic carbocycles. The van der Waals surface area contributed by atoms with Crippen LogP contribution in [0.4, 0.5) is 0 Å². The zero-order chi connectivity index (χ0) is 8.97. The lowest BCUT2D eigenvalue weighted by atomic mass is 10.2. The fourth-order valence-electron chi connectivity index (χ4n) is 1.03. The normalized spacial score (nSPS) is 9.33. The van der Waals surface area contributed by atoms with Gasteiger partial charge in [0, 0.05) is 25.4 Å². The molecule has 0 fully saturated rings. The molecule has 3 nitrogen and oxygen atoms in total. The maximum atomic E-state index is 11.0. The number of nitrogens with zero attached hydrogens (tertiary/aromatic N) is 2. The highest BCUT2D eigenvalue weighted by Crippen LogP contribution is 2.02. The number of hydrogen-bond acceptors (Lipinski definition) is 2. The zero-order valence-electron chi connectivity index (χ0n) is 6.95. The zero-order valence-corrected chi connectivity index (χ0v) is 6.95. The van der Waals surface area contributed by atoms with Crippen LogP contribution in [0.1, 0.15) is 12.1 Å². The summed E-state index contributed by atoms with van der Waals surface area (Å²) >= 11 is 0. The molecule has 0 bridgehead atoms. The van der Waals surface area contributed by atoms with Gasteiger partial charge in [0.25, 0.3) is 0 Å². The van der Waals surface area contributed by atoms with Crippen molar-refractivity contribution in [3.05, 3.63) is 24.0 Å². The van der Waals surface area contributed by atoms with Gasteiger partial charge in [-0.05, 0) is 12.1 Å². The van der Waals surface area contributed by atoms with E-state index < -0.39 is 0 Å². The van der Waals surface area contributed by atoms with Gasteiger partial charge in [-0.25, -0.2) is 0 Å². The van der Waals surface area contributed by atoms with Gasteiger partial charge < -0.3 is 4.57 Å². The SMILES string of the molecule is Cn1cccc1CC(=O)CC#N. The van der Waals surface area contributed by atoms with Gasteiger partial charge in [0.15, 0.2) is 5.78 Å². The van der Waals surface area contributed by atoms with Crippen molar-refractivity contribution in [1.82, 2.24) is 4.57 Å². The van der Waals surface area contributed by atoms with Crippen LogP contribution < -0.4 is 0 Å². The molecule has 0 amide bonds. The average Bonchev–Trinajstić information content (AvgIpc) is 2.37. The number of aromatic nitrogens is 1. The number of ketones is 1. The molecule has 1 heterocycles. The third kappa shape index (κ3) is 1.96. The number of carbonyl (C=O) groups is 1. The van der Waals surface area contributed by atoms with E-state index >= 15 is 0 Å². The first-order chi connectivity index (χ1) is 5.74. The second-order valence-corrected chi connectivity index (χ2v) is 2.66. The molecule has 0 N–H and O–H groups in total. The number of aryl methyl sites for hydroxylation is 1. The van der Waals surface area contributed by atoms with Gasteiger partial charge >= 0.3 is 0 Å². The van der Waals surface area contributed by atoms with Crippen molar-refractivity contribution in [1.29, 1.82) is 5.26 Å². The molecule has 0 atom stereocenters. The first kappa shape index (κ1) is 8.54. The fourth-order valence-corrected chi connectivity index (χ4v) is 1.03. The summed E-state index contributed by atoms with van der Waals surface area (Å²) in [4.78, 5) is 11.0. The lowest BCUT2D eigenvalue weighted by molar-refractivity contribution is -0.117. The van der Waals surface area contributed by atoms with Crippen LogP contribution in [0, 0.1) is 11.3 Å². The molecule has 0 radical (unpaired) electrons. The summed E-state index contributed by atoms with van der Waals surface area (Å²) in [6, 6.07) is 5.61. The number of hydrogen-bond donors (Lipinski definition) is 0. The molecule has 1 aromatic rings. The van der Waals surface area contributed by atoms with Crippen molar-refractivity contribution in [2.24, 2.45) is 7.05 Å². The lowest BCUT2D eigenvalue weighted by Crippen LogP contribution is -2.04. The van der Waals surface area contributed by atoms with Crippen LogP contribution in [0.15, 0.2) is 18.3 Å². The molecule has 0 aliphatic heterocycles. The van der Waals surface area contributed by atoms with E-state index in [0.717, 1.165) is 5.69 Å². The van der Waals surface area contributed by atoms with Crippen molar-refractivity contribution < 1.29 is 4.79 Å². The first-order valence-corrected chi connectivity index (χ1v) is 3.73. The Kier molecular flexibility index (Phi) is 2.65. The Morgan fingerprint density at radius 2 is 2.50 bits per heavy atom. The fraction of sp³-hybridized carbons (Fsp3) is 0.333. The van der Waals surface area contributed by atoms with E-state index in [1.54, 1.807) is 0 Å². The second kappa shape index (κ2) is 3.72. The largest absolute Gasteiger partial charge is 0.354 e. The lowest BCUT2D eigenvalue weighted by Gasteiger charge is -1.99. The number of nitriles is 1. The molecule has 1 aromatic heterocycles. The Labute approximate surface area is 71.2 Å². The van der Waals surface area contributed by atoms with Gasteiger partial charge in [-0.2, -0.15) is 5.26 Å². The van der Waals surface area contributed by atoms with Crippen LogP contribution in [0.5, 0.6) is 0 Å². The summed E-state index contributed by atoms with van der Waals surface area (Å²) in [7, 11) is 1.88. The third-order valence-corrected chi connectivity index (χ3v) is 1.71. The van der Waals surface area contributed by atoms with Gasteiger partial charge in [-0.15, -0.1) is 0 Å². The third-order valence-electron chi connectivity index (χ3n) is 1.71. The van der Waals surface area contributed by atoms with E-state index in [1.165, 1.54) is 0 Å². The highest BCUT2D eigenvalue weighted by Gasteiger charge is 2.04. The van der Waals surface area contributed by atoms with Gasteiger partial charge in [0.05, 0.1) is 12.5 Å². The van der Waals surface area contributed by atoms with Crippen molar-refractivity contribution in [2.45, 2.75) is 12.8 Å². The Bertz CT molecular complexity index is 320. The molecule has 0 spiro atoms. The topological polar surface area (TPSA) is 45.8 Å². The van der Waals surface area contributed by atoms with Crippen molar-refractivity contribution in [2.75, 3.05) is 0 Å². The van der Waals surface area contributed by atoms with Crippen LogP contribution in [-0.2, 0) is 18.3 Å². The van der Waals surface area contributed by atoms with Crippen molar-refractivity contribution in [3.8, 4) is 6.07 Å². The van der Waals surface area contributed by atoms with Crippen molar-refractivity contribution >= 4 is 5.78 Å². The molecule has 1 rings (SSSR count). The minimum absolute atomic E-state index is 0.00514. The summed E-state index contributed by atoms with van der Waals surface area (Å²) in [6.45, 7) is 0. The molecular weight excluding hydrogens is 152 g/mol. The summed E-state index contributed by atoms with van der Waals surface area (Å²) < 4.78 is 1.88. The molecule has 0 saturated carbocycles. The highest BCUT2D eigenvalue weighted by molar-refractivity contribution is 5.82. The maximum absolute atomic E-state index is 11.0. The summed E-state index contributed by atoms with van der Waals surface area (Å²) in [5.41, 5.74) is 0.954. The molecular formula is C9H10N2O. The van der Waals surface area contributed by atoms with Gasteiger partial charge in [-0.1, -0.05) is 0 Å². The van der Waals surface area contributed by atoms with Gasteiger partial charge in [0.2, 0.25) is 0 Å². The summed E-state index contributed by atoms with van der Waals surface area (Å²) in [6.07, 6.45) is 2.25. The Hall–Kier alpha value is -1.56.